The van der Waals surface area contributed by atoms with E-state index in [1.807, 2.05) is 56.4 Å². The first-order valence-electron chi connectivity index (χ1n) is 8.74. The molecule has 0 saturated carbocycles. The fraction of sp³-hybridized carbons (Fsp3) is 0.318. The van der Waals surface area contributed by atoms with Gasteiger partial charge in [-0.05, 0) is 29.9 Å². The van der Waals surface area contributed by atoms with Crippen molar-refractivity contribution in [2.24, 2.45) is 13.0 Å². The average molecular weight is 335 g/mol. The largest absolute Gasteiger partial charge is 0.376 e. The van der Waals surface area contributed by atoms with Crippen molar-refractivity contribution >= 4 is 10.8 Å². The van der Waals surface area contributed by atoms with E-state index in [9.17, 15) is 4.79 Å². The Morgan fingerprint density at radius 1 is 1.04 bits per heavy atom. The first-order chi connectivity index (χ1) is 12.0. The maximum absolute atomic E-state index is 12.9. The molecule has 1 heterocycles. The van der Waals surface area contributed by atoms with E-state index in [0.29, 0.717) is 19.1 Å². The van der Waals surface area contributed by atoms with Crippen molar-refractivity contribution in [2.45, 2.75) is 27.4 Å². The van der Waals surface area contributed by atoms with Crippen molar-refractivity contribution in [3.63, 3.8) is 0 Å². The summed E-state index contributed by atoms with van der Waals surface area (Å²) in [6.07, 6.45) is 0. The van der Waals surface area contributed by atoms with Gasteiger partial charge in [-0.3, -0.25) is 4.79 Å². The molecule has 0 bridgehead atoms. The van der Waals surface area contributed by atoms with Gasteiger partial charge in [0.25, 0.3) is 5.56 Å². The van der Waals surface area contributed by atoms with Gasteiger partial charge < -0.3 is 9.30 Å². The normalized spacial score (nSPS) is 11.4. The third kappa shape index (κ3) is 3.52. The van der Waals surface area contributed by atoms with Crippen LogP contribution in [0.25, 0.3) is 22.0 Å². The van der Waals surface area contributed by atoms with Crippen LogP contribution in [0.2, 0.25) is 0 Å². The number of ether oxygens (including phenoxy) is 1. The highest BCUT2D eigenvalue weighted by Crippen LogP contribution is 2.29. The Labute approximate surface area is 148 Å². The maximum atomic E-state index is 12.9. The van der Waals surface area contributed by atoms with Gasteiger partial charge in [0, 0.05) is 24.6 Å². The van der Waals surface area contributed by atoms with Gasteiger partial charge >= 0.3 is 0 Å². The zero-order valence-corrected chi connectivity index (χ0v) is 15.4. The van der Waals surface area contributed by atoms with E-state index in [0.717, 1.165) is 33.2 Å². The first-order valence-corrected chi connectivity index (χ1v) is 8.74. The number of rotatable bonds is 5. The molecular weight excluding hydrogens is 310 g/mol. The van der Waals surface area contributed by atoms with Crippen LogP contribution in [0.3, 0.4) is 0 Å². The molecule has 3 aromatic rings. The molecule has 130 valence electrons. The number of nitrogens with zero attached hydrogens (tertiary/aromatic N) is 1. The molecule has 0 saturated heterocycles. The van der Waals surface area contributed by atoms with Crippen LogP contribution < -0.4 is 5.56 Å². The summed E-state index contributed by atoms with van der Waals surface area (Å²) < 4.78 is 7.72. The van der Waals surface area contributed by atoms with Crippen molar-refractivity contribution in [1.29, 1.82) is 0 Å². The minimum absolute atomic E-state index is 0.0326. The molecule has 0 aliphatic heterocycles. The second-order valence-electron chi connectivity index (χ2n) is 7.02. The second-order valence-corrected chi connectivity index (χ2v) is 7.02. The van der Waals surface area contributed by atoms with Gasteiger partial charge in [0.1, 0.15) is 0 Å². The van der Waals surface area contributed by atoms with E-state index in [-0.39, 0.29) is 5.56 Å². The standard InChI is InChI=1S/C22H25NO2/c1-15(2)13-25-14-20-18-11-10-16(3)12-19(18)22(24)23(4)21(20)17-8-6-5-7-9-17/h5-12,15H,13-14H2,1-4H3. The van der Waals surface area contributed by atoms with E-state index in [2.05, 4.69) is 19.9 Å². The summed E-state index contributed by atoms with van der Waals surface area (Å²) in [6, 6.07) is 16.1. The van der Waals surface area contributed by atoms with Gasteiger partial charge in [-0.2, -0.15) is 0 Å². The summed E-state index contributed by atoms with van der Waals surface area (Å²) in [5, 5.41) is 1.74. The zero-order chi connectivity index (χ0) is 18.0. The lowest BCUT2D eigenvalue weighted by Gasteiger charge is -2.18. The summed E-state index contributed by atoms with van der Waals surface area (Å²) in [5.41, 5.74) is 4.17. The third-order valence-electron chi connectivity index (χ3n) is 4.40. The van der Waals surface area contributed by atoms with Crippen molar-refractivity contribution in [2.75, 3.05) is 6.61 Å². The Balaban J connectivity index is 2.26. The Morgan fingerprint density at radius 3 is 2.44 bits per heavy atom. The van der Waals surface area contributed by atoms with Crippen LogP contribution in [-0.4, -0.2) is 11.2 Å². The lowest BCUT2D eigenvalue weighted by Crippen LogP contribution is -2.21. The lowest BCUT2D eigenvalue weighted by molar-refractivity contribution is 0.0978. The summed E-state index contributed by atoms with van der Waals surface area (Å²) in [7, 11) is 1.85. The fourth-order valence-electron chi connectivity index (χ4n) is 3.22. The molecule has 0 amide bonds. The molecule has 3 rings (SSSR count). The number of aryl methyl sites for hydroxylation is 1. The molecule has 25 heavy (non-hydrogen) atoms. The molecule has 0 unspecified atom stereocenters. The molecule has 1 aromatic heterocycles. The van der Waals surface area contributed by atoms with E-state index in [1.54, 1.807) is 4.57 Å². The quantitative estimate of drug-likeness (QED) is 0.677. The van der Waals surface area contributed by atoms with E-state index in [1.165, 1.54) is 0 Å². The van der Waals surface area contributed by atoms with Crippen LogP contribution in [0.15, 0.2) is 53.3 Å². The Morgan fingerprint density at radius 2 is 1.76 bits per heavy atom. The third-order valence-corrected chi connectivity index (χ3v) is 4.40. The van der Waals surface area contributed by atoms with Crippen molar-refractivity contribution < 1.29 is 4.74 Å². The molecule has 0 radical (unpaired) electrons. The zero-order valence-electron chi connectivity index (χ0n) is 15.4. The van der Waals surface area contributed by atoms with Crippen molar-refractivity contribution in [1.82, 2.24) is 4.57 Å². The molecule has 0 spiro atoms. The molecule has 0 atom stereocenters. The van der Waals surface area contributed by atoms with Crippen LogP contribution in [0.1, 0.15) is 25.0 Å². The molecule has 0 N–H and O–H groups in total. The van der Waals surface area contributed by atoms with Crippen LogP contribution >= 0.6 is 0 Å². The highest BCUT2D eigenvalue weighted by atomic mass is 16.5. The van der Waals surface area contributed by atoms with Gasteiger partial charge in [0.15, 0.2) is 0 Å². The smallest absolute Gasteiger partial charge is 0.258 e. The number of pyridine rings is 1. The highest BCUT2D eigenvalue weighted by Gasteiger charge is 2.16. The first kappa shape index (κ1) is 17.4. The van der Waals surface area contributed by atoms with Crippen molar-refractivity contribution in [3.8, 4) is 11.3 Å². The molecule has 0 fully saturated rings. The summed E-state index contributed by atoms with van der Waals surface area (Å²) in [5.74, 6) is 0.473. The molecule has 0 aliphatic rings. The van der Waals surface area contributed by atoms with E-state index >= 15 is 0 Å². The number of benzene rings is 2. The highest BCUT2D eigenvalue weighted by molar-refractivity contribution is 5.90. The van der Waals surface area contributed by atoms with Gasteiger partial charge in [-0.1, -0.05) is 61.9 Å². The SMILES string of the molecule is Cc1ccc2c(COCC(C)C)c(-c3ccccc3)n(C)c(=O)c2c1. The predicted octanol–water partition coefficient (Wildman–Crippen LogP) is 4.69. The van der Waals surface area contributed by atoms with Crippen molar-refractivity contribution in [3.05, 3.63) is 70.0 Å². The Bertz CT molecular complexity index is 940. The van der Waals surface area contributed by atoms with Gasteiger partial charge in [0.05, 0.1) is 12.3 Å². The molecule has 2 aromatic carbocycles. The Kier molecular flexibility index (Phi) is 5.05. The van der Waals surface area contributed by atoms with Crippen LogP contribution in [0.5, 0.6) is 0 Å². The number of hydrogen-bond donors (Lipinski definition) is 0. The lowest BCUT2D eigenvalue weighted by atomic mass is 9.98. The van der Waals surface area contributed by atoms with Gasteiger partial charge in [0.2, 0.25) is 0 Å². The molecule has 3 nitrogen and oxygen atoms in total. The molecule has 3 heteroatoms. The summed E-state index contributed by atoms with van der Waals surface area (Å²) in [6.45, 7) is 7.49. The summed E-state index contributed by atoms with van der Waals surface area (Å²) >= 11 is 0. The number of fused-ring (bicyclic) bond motifs is 1. The van der Waals surface area contributed by atoms with E-state index in [4.69, 9.17) is 4.74 Å². The predicted molar refractivity (Wildman–Crippen MR) is 104 cm³/mol. The maximum Gasteiger partial charge on any atom is 0.258 e. The number of aromatic nitrogens is 1. The minimum Gasteiger partial charge on any atom is -0.376 e. The van der Waals surface area contributed by atoms with Gasteiger partial charge in [-0.25, -0.2) is 0 Å². The topological polar surface area (TPSA) is 31.2 Å². The van der Waals surface area contributed by atoms with Crippen LogP contribution in [0, 0.1) is 12.8 Å². The average Bonchev–Trinajstić information content (AvgIpc) is 2.60. The van der Waals surface area contributed by atoms with Crippen LogP contribution in [-0.2, 0) is 18.4 Å². The monoisotopic (exact) mass is 335 g/mol. The number of hydrogen-bond acceptors (Lipinski definition) is 2. The van der Waals surface area contributed by atoms with Crippen LogP contribution in [0.4, 0.5) is 0 Å². The summed E-state index contributed by atoms with van der Waals surface area (Å²) in [4.78, 5) is 12.9. The molecular formula is C22H25NO2. The fourth-order valence-corrected chi connectivity index (χ4v) is 3.22. The Hall–Kier alpha value is -2.39. The minimum atomic E-state index is 0.0326. The molecule has 0 aliphatic carbocycles. The second kappa shape index (κ2) is 7.24. The van der Waals surface area contributed by atoms with Gasteiger partial charge in [-0.15, -0.1) is 0 Å². The van der Waals surface area contributed by atoms with E-state index < -0.39 is 0 Å².